The third-order valence-electron chi connectivity index (χ3n) is 3.32. The first kappa shape index (κ1) is 18.7. The lowest BCUT2D eigenvalue weighted by molar-refractivity contribution is -0.138. The summed E-state index contributed by atoms with van der Waals surface area (Å²) in [6, 6.07) is 13.9. The molecule has 0 saturated carbocycles. The van der Waals surface area contributed by atoms with Crippen LogP contribution in [0.1, 0.15) is 17.3 Å². The molecular formula is C19H18BrNO4. The SMILES string of the molecule is CCOC(=O)C(=CNc1ccc(OC)cc1)C(=O)c1ccc(Br)cc1. The Hall–Kier alpha value is -2.60. The van der Waals surface area contributed by atoms with E-state index in [0.29, 0.717) is 17.0 Å². The highest BCUT2D eigenvalue weighted by Crippen LogP contribution is 2.17. The molecule has 0 aliphatic rings. The number of ether oxygens (including phenoxy) is 2. The van der Waals surface area contributed by atoms with E-state index in [2.05, 4.69) is 21.2 Å². The first-order valence-corrected chi connectivity index (χ1v) is 8.42. The molecule has 5 nitrogen and oxygen atoms in total. The van der Waals surface area contributed by atoms with E-state index in [-0.39, 0.29) is 12.2 Å². The number of methoxy groups -OCH3 is 1. The van der Waals surface area contributed by atoms with Crippen LogP contribution in [0, 0.1) is 0 Å². The number of hydrogen-bond acceptors (Lipinski definition) is 5. The quantitative estimate of drug-likeness (QED) is 0.246. The highest BCUT2D eigenvalue weighted by Gasteiger charge is 2.21. The van der Waals surface area contributed by atoms with E-state index in [0.717, 1.165) is 4.47 Å². The molecule has 0 fully saturated rings. The fourth-order valence-corrected chi connectivity index (χ4v) is 2.29. The molecule has 0 bridgehead atoms. The number of halogens is 1. The third-order valence-corrected chi connectivity index (χ3v) is 3.85. The van der Waals surface area contributed by atoms with Crippen LogP contribution in [0.2, 0.25) is 0 Å². The van der Waals surface area contributed by atoms with Crippen LogP contribution in [0.25, 0.3) is 0 Å². The van der Waals surface area contributed by atoms with Gasteiger partial charge >= 0.3 is 5.97 Å². The zero-order valence-corrected chi connectivity index (χ0v) is 15.5. The van der Waals surface area contributed by atoms with Gasteiger partial charge in [0.15, 0.2) is 0 Å². The fourth-order valence-electron chi connectivity index (χ4n) is 2.03. The number of Topliss-reactive ketones (excluding diaryl/α,β-unsaturated/α-hetero) is 1. The molecule has 0 saturated heterocycles. The Bertz CT molecular complexity index is 767. The summed E-state index contributed by atoms with van der Waals surface area (Å²) in [7, 11) is 1.58. The Morgan fingerprint density at radius 2 is 1.72 bits per heavy atom. The predicted molar refractivity (Wildman–Crippen MR) is 99.8 cm³/mol. The molecule has 0 amide bonds. The minimum Gasteiger partial charge on any atom is -0.497 e. The van der Waals surface area contributed by atoms with E-state index in [4.69, 9.17) is 9.47 Å². The van der Waals surface area contributed by atoms with Gasteiger partial charge in [-0.1, -0.05) is 15.9 Å². The van der Waals surface area contributed by atoms with Gasteiger partial charge in [-0.15, -0.1) is 0 Å². The summed E-state index contributed by atoms with van der Waals surface area (Å²) >= 11 is 3.32. The van der Waals surface area contributed by atoms with Crippen molar-refractivity contribution in [3.05, 3.63) is 70.3 Å². The molecule has 0 unspecified atom stereocenters. The molecule has 6 heteroatoms. The molecule has 2 aromatic carbocycles. The Kier molecular flexibility index (Phi) is 6.77. The Labute approximate surface area is 154 Å². The van der Waals surface area contributed by atoms with Gasteiger partial charge in [-0.2, -0.15) is 0 Å². The molecule has 0 aliphatic carbocycles. The highest BCUT2D eigenvalue weighted by molar-refractivity contribution is 9.10. The first-order chi connectivity index (χ1) is 12.0. The van der Waals surface area contributed by atoms with Crippen molar-refractivity contribution in [1.82, 2.24) is 0 Å². The second-order valence-corrected chi connectivity index (χ2v) is 5.90. The minimum absolute atomic E-state index is 0.0695. The second kappa shape index (κ2) is 9.03. The lowest BCUT2D eigenvalue weighted by atomic mass is 10.0. The number of hydrogen-bond donors (Lipinski definition) is 1. The second-order valence-electron chi connectivity index (χ2n) is 4.99. The number of esters is 1. The van der Waals surface area contributed by atoms with E-state index in [9.17, 15) is 9.59 Å². The molecule has 0 radical (unpaired) electrons. The Balaban J connectivity index is 2.26. The molecule has 0 spiro atoms. The topological polar surface area (TPSA) is 64.6 Å². The van der Waals surface area contributed by atoms with Gasteiger partial charge in [0.05, 0.1) is 13.7 Å². The number of nitrogens with one attached hydrogen (secondary N) is 1. The molecule has 0 heterocycles. The number of benzene rings is 2. The van der Waals surface area contributed by atoms with Crippen LogP contribution in [0.4, 0.5) is 5.69 Å². The van der Waals surface area contributed by atoms with Crippen molar-refractivity contribution >= 4 is 33.4 Å². The van der Waals surface area contributed by atoms with Crippen molar-refractivity contribution in [2.45, 2.75) is 6.92 Å². The molecular weight excluding hydrogens is 386 g/mol. The average Bonchev–Trinajstić information content (AvgIpc) is 2.63. The molecule has 2 aromatic rings. The van der Waals surface area contributed by atoms with Gasteiger partial charge in [-0.25, -0.2) is 4.79 Å². The van der Waals surface area contributed by atoms with Gasteiger partial charge in [-0.3, -0.25) is 4.79 Å². The summed E-state index contributed by atoms with van der Waals surface area (Å²) in [6.45, 7) is 1.88. The molecule has 2 rings (SSSR count). The van der Waals surface area contributed by atoms with Crippen molar-refractivity contribution in [2.75, 3.05) is 19.0 Å². The van der Waals surface area contributed by atoms with E-state index in [1.807, 2.05) is 0 Å². The van der Waals surface area contributed by atoms with Crippen LogP contribution in [0.15, 0.2) is 64.8 Å². The zero-order chi connectivity index (χ0) is 18.2. The summed E-state index contributed by atoms with van der Waals surface area (Å²) in [5.41, 5.74) is 1.05. The van der Waals surface area contributed by atoms with Crippen LogP contribution in [-0.2, 0) is 9.53 Å². The molecule has 130 valence electrons. The monoisotopic (exact) mass is 403 g/mol. The van der Waals surface area contributed by atoms with Crippen molar-refractivity contribution in [3.8, 4) is 5.75 Å². The summed E-state index contributed by atoms with van der Waals surface area (Å²) in [4.78, 5) is 24.8. The van der Waals surface area contributed by atoms with Crippen molar-refractivity contribution in [1.29, 1.82) is 0 Å². The highest BCUT2D eigenvalue weighted by atomic mass is 79.9. The zero-order valence-electron chi connectivity index (χ0n) is 13.9. The maximum atomic E-state index is 12.6. The minimum atomic E-state index is -0.670. The predicted octanol–water partition coefficient (Wildman–Crippen LogP) is 4.20. The van der Waals surface area contributed by atoms with Crippen LogP contribution < -0.4 is 10.1 Å². The molecule has 0 aliphatic heterocycles. The van der Waals surface area contributed by atoms with Gasteiger partial charge in [0, 0.05) is 21.9 Å². The van der Waals surface area contributed by atoms with Crippen LogP contribution in [0.3, 0.4) is 0 Å². The smallest absolute Gasteiger partial charge is 0.343 e. The van der Waals surface area contributed by atoms with Gasteiger partial charge < -0.3 is 14.8 Å². The van der Waals surface area contributed by atoms with E-state index in [1.54, 1.807) is 62.6 Å². The van der Waals surface area contributed by atoms with Crippen LogP contribution in [0.5, 0.6) is 5.75 Å². The van der Waals surface area contributed by atoms with Gasteiger partial charge in [0.25, 0.3) is 0 Å². The van der Waals surface area contributed by atoms with Crippen LogP contribution >= 0.6 is 15.9 Å². The Morgan fingerprint density at radius 3 is 2.28 bits per heavy atom. The van der Waals surface area contributed by atoms with Crippen LogP contribution in [-0.4, -0.2) is 25.5 Å². The van der Waals surface area contributed by atoms with Gasteiger partial charge in [0.1, 0.15) is 11.3 Å². The van der Waals surface area contributed by atoms with Gasteiger partial charge in [-0.05, 0) is 55.5 Å². The number of carbonyl (C=O) groups excluding carboxylic acids is 2. The fraction of sp³-hybridized carbons (Fsp3) is 0.158. The van der Waals surface area contributed by atoms with Crippen molar-refractivity contribution in [2.24, 2.45) is 0 Å². The first-order valence-electron chi connectivity index (χ1n) is 7.63. The molecule has 0 atom stereocenters. The van der Waals surface area contributed by atoms with E-state index in [1.165, 1.54) is 6.20 Å². The van der Waals surface area contributed by atoms with E-state index >= 15 is 0 Å². The van der Waals surface area contributed by atoms with Crippen molar-refractivity contribution < 1.29 is 19.1 Å². The number of anilines is 1. The molecule has 0 aromatic heterocycles. The lowest BCUT2D eigenvalue weighted by Crippen LogP contribution is -2.17. The lowest BCUT2D eigenvalue weighted by Gasteiger charge is -2.08. The summed E-state index contributed by atoms with van der Waals surface area (Å²) in [5.74, 6) is -0.366. The number of rotatable bonds is 7. The number of ketones is 1. The maximum Gasteiger partial charge on any atom is 0.343 e. The average molecular weight is 404 g/mol. The van der Waals surface area contributed by atoms with Crippen molar-refractivity contribution in [3.63, 3.8) is 0 Å². The summed E-state index contributed by atoms with van der Waals surface area (Å²) in [5, 5.41) is 2.95. The summed E-state index contributed by atoms with van der Waals surface area (Å²) < 4.78 is 10.9. The summed E-state index contributed by atoms with van der Waals surface area (Å²) in [6.07, 6.45) is 1.37. The standard InChI is InChI=1S/C19H18BrNO4/c1-3-25-19(23)17(18(22)13-4-6-14(20)7-5-13)12-21-15-8-10-16(24-2)11-9-15/h4-12,21H,3H2,1-2H3. The maximum absolute atomic E-state index is 12.6. The Morgan fingerprint density at radius 1 is 1.08 bits per heavy atom. The number of carbonyl (C=O) groups is 2. The van der Waals surface area contributed by atoms with E-state index < -0.39 is 11.8 Å². The van der Waals surface area contributed by atoms with Gasteiger partial charge in [0.2, 0.25) is 5.78 Å². The normalized spacial score (nSPS) is 10.9. The largest absolute Gasteiger partial charge is 0.497 e. The molecule has 1 N–H and O–H groups in total. The third kappa shape index (κ3) is 5.19. The molecule has 25 heavy (non-hydrogen) atoms.